The molecule has 0 atom stereocenters. The molecule has 0 unspecified atom stereocenters. The maximum atomic E-state index is 10.8. The van der Waals surface area contributed by atoms with Crippen molar-refractivity contribution in [1.82, 2.24) is 15.1 Å². The molecule has 17 heavy (non-hydrogen) atoms. The Morgan fingerprint density at radius 2 is 2.06 bits per heavy atom. The van der Waals surface area contributed by atoms with Crippen molar-refractivity contribution in [2.24, 2.45) is 0 Å². The summed E-state index contributed by atoms with van der Waals surface area (Å²) in [5.74, 6) is 0.739. The summed E-state index contributed by atoms with van der Waals surface area (Å²) in [6, 6.07) is 3.20. The molecule has 90 valence electrons. The zero-order chi connectivity index (χ0) is 12.3. The van der Waals surface area contributed by atoms with Gasteiger partial charge in [-0.05, 0) is 6.07 Å². The number of aromatic nitrogens is 3. The monoisotopic (exact) mass is 255 g/mol. The second kappa shape index (κ2) is 4.60. The van der Waals surface area contributed by atoms with E-state index in [2.05, 4.69) is 19.3 Å². The molecule has 0 aliphatic carbocycles. The summed E-state index contributed by atoms with van der Waals surface area (Å²) in [5, 5.41) is 3.65. The minimum absolute atomic E-state index is 0.171. The average Bonchev–Trinajstić information content (AvgIpc) is 2.75. The Hall–Kier alpha value is -1.80. The van der Waals surface area contributed by atoms with E-state index >= 15 is 0 Å². The van der Waals surface area contributed by atoms with E-state index in [-0.39, 0.29) is 6.61 Å². The fourth-order valence-electron chi connectivity index (χ4n) is 1.08. The zero-order valence-corrected chi connectivity index (χ0v) is 9.72. The van der Waals surface area contributed by atoms with Gasteiger partial charge in [-0.3, -0.25) is 4.18 Å². The fraction of sp³-hybridized carbons (Fsp3) is 0.222. The van der Waals surface area contributed by atoms with Gasteiger partial charge in [0.05, 0.1) is 6.26 Å². The molecule has 0 N–H and O–H groups in total. The van der Waals surface area contributed by atoms with Crippen LogP contribution in [0, 0.1) is 0 Å². The number of nitrogens with zero attached hydrogens (tertiary/aromatic N) is 3. The predicted molar refractivity (Wildman–Crippen MR) is 57.2 cm³/mol. The summed E-state index contributed by atoms with van der Waals surface area (Å²) < 4.78 is 31.1. The minimum Gasteiger partial charge on any atom is -0.353 e. The highest BCUT2D eigenvalue weighted by atomic mass is 32.2. The fourth-order valence-corrected chi connectivity index (χ4v) is 1.41. The third kappa shape index (κ3) is 3.33. The van der Waals surface area contributed by atoms with E-state index in [9.17, 15) is 8.42 Å². The lowest BCUT2D eigenvalue weighted by atomic mass is 10.3. The maximum absolute atomic E-state index is 10.8. The van der Waals surface area contributed by atoms with Crippen LogP contribution in [-0.4, -0.2) is 29.8 Å². The molecule has 2 rings (SSSR count). The second-order valence-corrected chi connectivity index (χ2v) is 4.87. The molecule has 0 fully saturated rings. The molecule has 0 radical (unpaired) electrons. The van der Waals surface area contributed by atoms with E-state index < -0.39 is 10.1 Å². The molecular weight excluding hydrogens is 246 g/mol. The van der Waals surface area contributed by atoms with Crippen molar-refractivity contribution in [3.8, 4) is 11.6 Å². The molecule has 7 nitrogen and oxygen atoms in total. The van der Waals surface area contributed by atoms with Crippen molar-refractivity contribution in [2.75, 3.05) is 6.26 Å². The molecule has 0 aliphatic heterocycles. The van der Waals surface area contributed by atoms with E-state index in [1.54, 1.807) is 18.5 Å². The van der Waals surface area contributed by atoms with Crippen molar-refractivity contribution in [2.45, 2.75) is 6.61 Å². The number of hydrogen-bond donors (Lipinski definition) is 0. The molecule has 2 aromatic heterocycles. The standard InChI is InChI=1S/C9H9N3O4S/c1-17(13,14)15-6-7-5-8(16-12-7)9-10-3-2-4-11-9/h2-5H,6H2,1H3. The summed E-state index contributed by atoms with van der Waals surface area (Å²) in [5.41, 5.74) is 0.359. The molecule has 0 bridgehead atoms. The summed E-state index contributed by atoms with van der Waals surface area (Å²) in [6.07, 6.45) is 4.10. The van der Waals surface area contributed by atoms with E-state index in [0.29, 0.717) is 17.3 Å². The Labute approximate surface area is 97.6 Å². The molecule has 0 amide bonds. The second-order valence-electron chi connectivity index (χ2n) is 3.22. The first-order chi connectivity index (χ1) is 8.04. The van der Waals surface area contributed by atoms with Crippen LogP contribution >= 0.6 is 0 Å². The van der Waals surface area contributed by atoms with Gasteiger partial charge in [0.1, 0.15) is 12.3 Å². The number of rotatable bonds is 4. The molecule has 0 spiro atoms. The Morgan fingerprint density at radius 1 is 1.35 bits per heavy atom. The highest BCUT2D eigenvalue weighted by molar-refractivity contribution is 7.85. The highest BCUT2D eigenvalue weighted by Crippen LogP contribution is 2.15. The van der Waals surface area contributed by atoms with Crippen LogP contribution in [0.2, 0.25) is 0 Å². The van der Waals surface area contributed by atoms with Gasteiger partial charge in [-0.2, -0.15) is 8.42 Å². The maximum Gasteiger partial charge on any atom is 0.264 e. The van der Waals surface area contributed by atoms with Crippen LogP contribution in [-0.2, 0) is 20.9 Å². The first kappa shape index (κ1) is 11.7. The lowest BCUT2D eigenvalue weighted by Crippen LogP contribution is -2.02. The van der Waals surface area contributed by atoms with Crippen LogP contribution in [0.25, 0.3) is 11.6 Å². The van der Waals surface area contributed by atoms with Crippen molar-refractivity contribution in [3.05, 3.63) is 30.2 Å². The van der Waals surface area contributed by atoms with Gasteiger partial charge < -0.3 is 4.52 Å². The third-order valence-corrected chi connectivity index (χ3v) is 2.31. The molecule has 0 saturated carbocycles. The van der Waals surface area contributed by atoms with Crippen molar-refractivity contribution < 1.29 is 17.1 Å². The quantitative estimate of drug-likeness (QED) is 0.738. The SMILES string of the molecule is CS(=O)(=O)OCc1cc(-c2ncccn2)on1. The van der Waals surface area contributed by atoms with Gasteiger partial charge in [0.15, 0.2) is 5.82 Å². The van der Waals surface area contributed by atoms with Crippen LogP contribution in [0.5, 0.6) is 0 Å². The Bertz CT molecular complexity index is 594. The van der Waals surface area contributed by atoms with E-state index in [1.165, 1.54) is 6.07 Å². The van der Waals surface area contributed by atoms with E-state index in [0.717, 1.165) is 6.26 Å². The zero-order valence-electron chi connectivity index (χ0n) is 8.90. The van der Waals surface area contributed by atoms with Gasteiger partial charge in [-0.25, -0.2) is 9.97 Å². The van der Waals surface area contributed by atoms with Gasteiger partial charge in [0.25, 0.3) is 10.1 Å². The summed E-state index contributed by atoms with van der Waals surface area (Å²) >= 11 is 0. The third-order valence-electron chi connectivity index (χ3n) is 1.77. The molecule has 0 saturated heterocycles. The molecule has 0 aromatic carbocycles. The topological polar surface area (TPSA) is 95.2 Å². The minimum atomic E-state index is -3.49. The smallest absolute Gasteiger partial charge is 0.264 e. The summed E-state index contributed by atoms with van der Waals surface area (Å²) in [7, 11) is -3.49. The van der Waals surface area contributed by atoms with Crippen LogP contribution in [0.3, 0.4) is 0 Å². The van der Waals surface area contributed by atoms with Crippen LogP contribution in [0.4, 0.5) is 0 Å². The highest BCUT2D eigenvalue weighted by Gasteiger charge is 2.10. The predicted octanol–water partition coefficient (Wildman–Crippen LogP) is 0.608. The molecular formula is C9H9N3O4S. The van der Waals surface area contributed by atoms with Crippen molar-refractivity contribution >= 4 is 10.1 Å². The van der Waals surface area contributed by atoms with Crippen LogP contribution < -0.4 is 0 Å². The van der Waals surface area contributed by atoms with Crippen molar-refractivity contribution in [1.29, 1.82) is 0 Å². The van der Waals surface area contributed by atoms with E-state index in [1.807, 2.05) is 0 Å². The van der Waals surface area contributed by atoms with Crippen LogP contribution in [0.15, 0.2) is 29.0 Å². The molecule has 0 aliphatic rings. The van der Waals surface area contributed by atoms with Crippen LogP contribution in [0.1, 0.15) is 5.69 Å². The summed E-state index contributed by atoms with van der Waals surface area (Å²) in [6.45, 7) is -0.171. The average molecular weight is 255 g/mol. The number of hydrogen-bond acceptors (Lipinski definition) is 7. The van der Waals surface area contributed by atoms with Gasteiger partial charge in [0.2, 0.25) is 5.76 Å². The Balaban J connectivity index is 2.12. The van der Waals surface area contributed by atoms with Gasteiger partial charge in [-0.1, -0.05) is 5.16 Å². The molecule has 2 aromatic rings. The van der Waals surface area contributed by atoms with E-state index in [4.69, 9.17) is 4.52 Å². The lowest BCUT2D eigenvalue weighted by molar-refractivity contribution is 0.296. The van der Waals surface area contributed by atoms with Gasteiger partial charge in [-0.15, -0.1) is 0 Å². The molecule has 2 heterocycles. The largest absolute Gasteiger partial charge is 0.353 e. The first-order valence-corrected chi connectivity index (χ1v) is 6.43. The Morgan fingerprint density at radius 3 is 2.71 bits per heavy atom. The lowest BCUT2D eigenvalue weighted by Gasteiger charge is -1.95. The van der Waals surface area contributed by atoms with Gasteiger partial charge >= 0.3 is 0 Å². The molecule has 8 heteroatoms. The van der Waals surface area contributed by atoms with Crippen molar-refractivity contribution in [3.63, 3.8) is 0 Å². The Kier molecular flexibility index (Phi) is 3.16. The summed E-state index contributed by atoms with van der Waals surface area (Å²) in [4.78, 5) is 7.93. The van der Waals surface area contributed by atoms with Gasteiger partial charge in [0, 0.05) is 18.5 Å². The normalized spacial score (nSPS) is 11.6. The first-order valence-electron chi connectivity index (χ1n) is 4.62.